The van der Waals surface area contributed by atoms with Gasteiger partial charge in [0.15, 0.2) is 0 Å². The second-order valence-corrected chi connectivity index (χ2v) is 4.46. The Morgan fingerprint density at radius 1 is 1.50 bits per heavy atom. The molecule has 0 amide bonds. The third-order valence-corrected chi connectivity index (χ3v) is 3.15. The van der Waals surface area contributed by atoms with E-state index in [9.17, 15) is 10.1 Å². The van der Waals surface area contributed by atoms with E-state index in [4.69, 9.17) is 10.00 Å². The van der Waals surface area contributed by atoms with Crippen LogP contribution in [-0.2, 0) is 4.74 Å². The Morgan fingerprint density at radius 3 is 3.00 bits per heavy atom. The highest BCUT2D eigenvalue weighted by Gasteiger charge is 2.10. The van der Waals surface area contributed by atoms with Crippen molar-refractivity contribution < 1.29 is 9.66 Å². The van der Waals surface area contributed by atoms with Gasteiger partial charge in [-0.05, 0) is 18.9 Å². The summed E-state index contributed by atoms with van der Waals surface area (Å²) in [5.41, 5.74) is 2.19. The molecule has 1 aromatic rings. The molecule has 0 unspecified atom stereocenters. The molecule has 1 aliphatic rings. The average Bonchev–Trinajstić information content (AvgIpc) is 2.48. The van der Waals surface area contributed by atoms with Crippen LogP contribution in [0.2, 0.25) is 0 Å². The Bertz CT molecular complexity index is 576. The average molecular weight is 273 g/mol. The molecule has 104 valence electrons. The second-order valence-electron chi connectivity index (χ2n) is 4.46. The Balaban J connectivity index is 1.97. The van der Waals surface area contributed by atoms with E-state index in [1.54, 1.807) is 6.07 Å². The van der Waals surface area contributed by atoms with Crippen molar-refractivity contribution in [3.63, 3.8) is 0 Å². The van der Waals surface area contributed by atoms with Crippen molar-refractivity contribution in [2.75, 3.05) is 25.1 Å². The van der Waals surface area contributed by atoms with Crippen molar-refractivity contribution in [1.82, 2.24) is 0 Å². The number of hydrogen-bond donors (Lipinski definition) is 1. The molecule has 0 aliphatic carbocycles. The van der Waals surface area contributed by atoms with E-state index in [1.807, 2.05) is 6.07 Å². The number of nitro benzene ring substituents is 1. The highest BCUT2D eigenvalue weighted by Crippen LogP contribution is 2.22. The van der Waals surface area contributed by atoms with Gasteiger partial charge in [-0.1, -0.05) is 11.6 Å². The Morgan fingerprint density at radius 2 is 2.35 bits per heavy atom. The van der Waals surface area contributed by atoms with Crippen LogP contribution < -0.4 is 5.32 Å². The summed E-state index contributed by atoms with van der Waals surface area (Å²) in [5, 5.41) is 22.8. The number of rotatable bonds is 5. The van der Waals surface area contributed by atoms with Gasteiger partial charge in [-0.3, -0.25) is 10.1 Å². The second kappa shape index (κ2) is 6.68. The molecule has 20 heavy (non-hydrogen) atoms. The normalized spacial score (nSPS) is 14.2. The van der Waals surface area contributed by atoms with Crippen molar-refractivity contribution >= 4 is 11.4 Å². The number of nitro groups is 1. The lowest BCUT2D eigenvalue weighted by Gasteiger charge is -2.14. The van der Waals surface area contributed by atoms with Crippen molar-refractivity contribution in [3.8, 4) is 6.07 Å². The zero-order valence-corrected chi connectivity index (χ0v) is 11.0. The van der Waals surface area contributed by atoms with Gasteiger partial charge in [-0.15, -0.1) is 0 Å². The van der Waals surface area contributed by atoms with Gasteiger partial charge < -0.3 is 10.1 Å². The summed E-state index contributed by atoms with van der Waals surface area (Å²) >= 11 is 0. The number of ether oxygens (including phenoxy) is 1. The van der Waals surface area contributed by atoms with Crippen molar-refractivity contribution in [2.24, 2.45) is 0 Å². The van der Waals surface area contributed by atoms with Crippen LogP contribution in [0.1, 0.15) is 18.4 Å². The van der Waals surface area contributed by atoms with Crippen LogP contribution >= 0.6 is 0 Å². The van der Waals surface area contributed by atoms with E-state index in [1.165, 1.54) is 17.7 Å². The van der Waals surface area contributed by atoms with Crippen LogP contribution in [0, 0.1) is 21.4 Å². The molecule has 0 saturated heterocycles. The quantitative estimate of drug-likeness (QED) is 0.506. The number of benzene rings is 1. The monoisotopic (exact) mass is 273 g/mol. The number of anilines is 1. The SMILES string of the molecule is N#Cc1cc([N+](=O)[O-])ccc1NCCC1=CCOCC1. The first-order chi connectivity index (χ1) is 9.70. The highest BCUT2D eigenvalue weighted by molar-refractivity contribution is 5.61. The van der Waals surface area contributed by atoms with E-state index in [0.717, 1.165) is 19.4 Å². The molecule has 6 heteroatoms. The first-order valence-electron chi connectivity index (χ1n) is 6.39. The lowest BCUT2D eigenvalue weighted by atomic mass is 10.1. The summed E-state index contributed by atoms with van der Waals surface area (Å²) in [4.78, 5) is 10.2. The topological polar surface area (TPSA) is 88.2 Å². The zero-order valence-electron chi connectivity index (χ0n) is 11.0. The van der Waals surface area contributed by atoms with E-state index in [-0.39, 0.29) is 5.69 Å². The maximum Gasteiger partial charge on any atom is 0.270 e. The largest absolute Gasteiger partial charge is 0.384 e. The molecular weight excluding hydrogens is 258 g/mol. The molecule has 0 bridgehead atoms. The van der Waals surface area contributed by atoms with E-state index >= 15 is 0 Å². The minimum absolute atomic E-state index is 0.0702. The third kappa shape index (κ3) is 3.56. The molecule has 0 atom stereocenters. The molecule has 0 fully saturated rings. The molecular formula is C14H15N3O3. The molecule has 1 heterocycles. The summed E-state index contributed by atoms with van der Waals surface area (Å²) in [5.74, 6) is 0. The summed E-state index contributed by atoms with van der Waals surface area (Å²) in [6, 6.07) is 6.24. The maximum absolute atomic E-state index is 10.7. The molecule has 1 aromatic carbocycles. The number of nitrogens with one attached hydrogen (secondary N) is 1. The number of non-ortho nitro benzene ring substituents is 1. The summed E-state index contributed by atoms with van der Waals surface area (Å²) in [6.45, 7) is 2.11. The van der Waals surface area contributed by atoms with E-state index in [2.05, 4.69) is 11.4 Å². The smallest absolute Gasteiger partial charge is 0.270 e. The fourth-order valence-electron chi connectivity index (χ4n) is 2.04. The van der Waals surface area contributed by atoms with Crippen molar-refractivity contribution in [1.29, 1.82) is 5.26 Å². The zero-order chi connectivity index (χ0) is 14.4. The van der Waals surface area contributed by atoms with Gasteiger partial charge >= 0.3 is 0 Å². The van der Waals surface area contributed by atoms with Gasteiger partial charge in [0.25, 0.3) is 5.69 Å². The van der Waals surface area contributed by atoms with Crippen LogP contribution in [0.4, 0.5) is 11.4 Å². The summed E-state index contributed by atoms with van der Waals surface area (Å²) < 4.78 is 5.23. The minimum Gasteiger partial charge on any atom is -0.384 e. The highest BCUT2D eigenvalue weighted by atomic mass is 16.6. The van der Waals surface area contributed by atoms with Crippen LogP contribution in [0.5, 0.6) is 0 Å². The summed E-state index contributed by atoms with van der Waals surface area (Å²) in [7, 11) is 0. The first kappa shape index (κ1) is 14.0. The molecule has 1 N–H and O–H groups in total. The molecule has 0 radical (unpaired) electrons. The fourth-order valence-corrected chi connectivity index (χ4v) is 2.04. The molecule has 0 aromatic heterocycles. The molecule has 0 saturated carbocycles. The van der Waals surface area contributed by atoms with Crippen LogP contribution in [0.25, 0.3) is 0 Å². The fraction of sp³-hybridized carbons (Fsp3) is 0.357. The predicted octanol–water partition coefficient (Wildman–Crippen LogP) is 2.62. The predicted molar refractivity (Wildman–Crippen MR) is 74.4 cm³/mol. The van der Waals surface area contributed by atoms with Gasteiger partial charge in [0.1, 0.15) is 6.07 Å². The van der Waals surface area contributed by atoms with Crippen LogP contribution in [0.3, 0.4) is 0 Å². The third-order valence-electron chi connectivity index (χ3n) is 3.15. The summed E-state index contributed by atoms with van der Waals surface area (Å²) in [6.07, 6.45) is 3.89. The number of hydrogen-bond acceptors (Lipinski definition) is 5. The number of nitrogens with zero attached hydrogens (tertiary/aromatic N) is 2. The van der Waals surface area contributed by atoms with Crippen molar-refractivity contribution in [3.05, 3.63) is 45.5 Å². The Labute approximate surface area is 116 Å². The van der Waals surface area contributed by atoms with Gasteiger partial charge in [-0.2, -0.15) is 5.26 Å². The van der Waals surface area contributed by atoms with Gasteiger partial charge in [0.2, 0.25) is 0 Å². The van der Waals surface area contributed by atoms with Gasteiger partial charge in [0.05, 0.1) is 29.4 Å². The molecule has 6 nitrogen and oxygen atoms in total. The first-order valence-corrected chi connectivity index (χ1v) is 6.39. The maximum atomic E-state index is 10.7. The van der Waals surface area contributed by atoms with E-state index in [0.29, 0.717) is 24.4 Å². The molecule has 0 spiro atoms. The van der Waals surface area contributed by atoms with Gasteiger partial charge in [-0.25, -0.2) is 0 Å². The number of nitriles is 1. The van der Waals surface area contributed by atoms with E-state index < -0.39 is 4.92 Å². The lowest BCUT2D eigenvalue weighted by Crippen LogP contribution is -2.09. The molecule has 1 aliphatic heterocycles. The molecule has 2 rings (SSSR count). The van der Waals surface area contributed by atoms with Crippen LogP contribution in [0.15, 0.2) is 29.8 Å². The Kier molecular flexibility index (Phi) is 4.69. The van der Waals surface area contributed by atoms with Crippen molar-refractivity contribution in [2.45, 2.75) is 12.8 Å². The lowest BCUT2D eigenvalue weighted by molar-refractivity contribution is -0.384. The standard InChI is InChI=1S/C14H15N3O3/c15-10-12-9-13(17(18)19)1-2-14(12)16-6-3-11-4-7-20-8-5-11/h1-2,4,9,16H,3,5-8H2. The minimum atomic E-state index is -0.503. The van der Waals surface area contributed by atoms with Crippen LogP contribution in [-0.4, -0.2) is 24.7 Å². The Hall–Kier alpha value is -2.39. The van der Waals surface area contributed by atoms with Gasteiger partial charge in [0, 0.05) is 18.7 Å².